The zero-order chi connectivity index (χ0) is 11.3. The van der Waals surface area contributed by atoms with Gasteiger partial charge in [0.05, 0.1) is 0 Å². The Morgan fingerprint density at radius 1 is 1.53 bits per heavy atom. The average Bonchev–Trinajstić information content (AvgIpc) is 2.28. The van der Waals surface area contributed by atoms with Gasteiger partial charge in [0.1, 0.15) is 0 Å². The number of rotatable bonds is 4. The van der Waals surface area contributed by atoms with Gasteiger partial charge in [0.15, 0.2) is 0 Å². The predicted molar refractivity (Wildman–Crippen MR) is 61.9 cm³/mol. The highest BCUT2D eigenvalue weighted by Gasteiger charge is 2.07. The molecule has 0 aliphatic carbocycles. The van der Waals surface area contributed by atoms with Gasteiger partial charge in [-0.05, 0) is 37.1 Å². The number of carbonyl (C=O) groups is 1. The minimum absolute atomic E-state index is 0.0245. The van der Waals surface area contributed by atoms with Gasteiger partial charge >= 0.3 is 0 Å². The zero-order valence-corrected chi connectivity index (χ0v) is 9.29. The predicted octanol–water partition coefficient (Wildman–Crippen LogP) is 1.50. The lowest BCUT2D eigenvalue weighted by atomic mass is 9.99. The normalized spacial score (nSPS) is 12.2. The standard InChI is InChI=1S/C12H18N2O/c1-3-14-12(15)11-6-4-5-10(7-11)9(2)8-13/h4-7,9H,3,8,13H2,1-2H3,(H,14,15). The molecule has 82 valence electrons. The van der Waals surface area contributed by atoms with Crippen molar-refractivity contribution >= 4 is 5.91 Å². The summed E-state index contributed by atoms with van der Waals surface area (Å²) in [5, 5.41) is 2.78. The Kier molecular flexibility index (Phi) is 4.31. The van der Waals surface area contributed by atoms with Crippen LogP contribution in [-0.2, 0) is 0 Å². The molecule has 1 aromatic carbocycles. The molecule has 1 unspecified atom stereocenters. The first-order valence-corrected chi connectivity index (χ1v) is 5.27. The fourth-order valence-electron chi connectivity index (χ4n) is 1.39. The summed E-state index contributed by atoms with van der Waals surface area (Å²) in [5.74, 6) is 0.267. The molecule has 0 radical (unpaired) electrons. The van der Waals surface area contributed by atoms with E-state index < -0.39 is 0 Å². The first-order valence-electron chi connectivity index (χ1n) is 5.27. The molecule has 3 N–H and O–H groups in total. The van der Waals surface area contributed by atoms with Crippen LogP contribution in [0.5, 0.6) is 0 Å². The number of benzene rings is 1. The Balaban J connectivity index is 2.87. The van der Waals surface area contributed by atoms with Crippen molar-refractivity contribution in [2.75, 3.05) is 13.1 Å². The quantitative estimate of drug-likeness (QED) is 0.784. The molecule has 1 aromatic rings. The van der Waals surface area contributed by atoms with Crippen LogP contribution >= 0.6 is 0 Å². The van der Waals surface area contributed by atoms with E-state index in [-0.39, 0.29) is 5.91 Å². The van der Waals surface area contributed by atoms with Gasteiger partial charge in [-0.15, -0.1) is 0 Å². The molecule has 1 atom stereocenters. The van der Waals surface area contributed by atoms with Crippen LogP contribution in [-0.4, -0.2) is 19.0 Å². The molecule has 0 heterocycles. The molecule has 1 amide bonds. The molecule has 0 saturated carbocycles. The summed E-state index contributed by atoms with van der Waals surface area (Å²) in [6, 6.07) is 7.62. The van der Waals surface area contributed by atoms with E-state index in [0.29, 0.717) is 24.6 Å². The van der Waals surface area contributed by atoms with Crippen molar-refractivity contribution in [2.24, 2.45) is 5.73 Å². The van der Waals surface area contributed by atoms with Gasteiger partial charge in [-0.3, -0.25) is 4.79 Å². The highest BCUT2D eigenvalue weighted by molar-refractivity contribution is 5.94. The van der Waals surface area contributed by atoms with Gasteiger partial charge in [-0.2, -0.15) is 0 Å². The fraction of sp³-hybridized carbons (Fsp3) is 0.417. The summed E-state index contributed by atoms with van der Waals surface area (Å²) in [4.78, 5) is 11.6. The molecular formula is C12H18N2O. The monoisotopic (exact) mass is 206 g/mol. The van der Waals surface area contributed by atoms with Gasteiger partial charge in [0.25, 0.3) is 5.91 Å². The Morgan fingerprint density at radius 2 is 2.27 bits per heavy atom. The summed E-state index contributed by atoms with van der Waals surface area (Å²) in [6.45, 7) is 5.20. The molecule has 3 nitrogen and oxygen atoms in total. The van der Waals surface area contributed by atoms with Gasteiger partial charge in [0.2, 0.25) is 0 Å². The molecular weight excluding hydrogens is 188 g/mol. The van der Waals surface area contributed by atoms with Crippen molar-refractivity contribution in [3.8, 4) is 0 Å². The molecule has 0 fully saturated rings. The minimum atomic E-state index is -0.0245. The Bertz CT molecular complexity index is 336. The van der Waals surface area contributed by atoms with Gasteiger partial charge in [-0.25, -0.2) is 0 Å². The largest absolute Gasteiger partial charge is 0.352 e. The molecule has 0 aromatic heterocycles. The molecule has 3 heteroatoms. The summed E-state index contributed by atoms with van der Waals surface area (Å²) in [6.07, 6.45) is 0. The van der Waals surface area contributed by atoms with E-state index in [4.69, 9.17) is 5.73 Å². The van der Waals surface area contributed by atoms with Crippen LogP contribution in [0.3, 0.4) is 0 Å². The van der Waals surface area contributed by atoms with Crippen LogP contribution in [0.25, 0.3) is 0 Å². The number of nitrogens with one attached hydrogen (secondary N) is 1. The summed E-state index contributed by atoms with van der Waals surface area (Å²) < 4.78 is 0. The Hall–Kier alpha value is -1.35. The van der Waals surface area contributed by atoms with E-state index in [0.717, 1.165) is 5.56 Å². The van der Waals surface area contributed by atoms with Crippen molar-refractivity contribution in [1.82, 2.24) is 5.32 Å². The maximum Gasteiger partial charge on any atom is 0.251 e. The average molecular weight is 206 g/mol. The first-order chi connectivity index (χ1) is 7.19. The summed E-state index contributed by atoms with van der Waals surface area (Å²) in [7, 11) is 0. The van der Waals surface area contributed by atoms with Crippen molar-refractivity contribution in [3.63, 3.8) is 0 Å². The van der Waals surface area contributed by atoms with Gasteiger partial charge in [-0.1, -0.05) is 19.1 Å². The van der Waals surface area contributed by atoms with Gasteiger partial charge < -0.3 is 11.1 Å². The third-order valence-electron chi connectivity index (χ3n) is 2.41. The zero-order valence-electron chi connectivity index (χ0n) is 9.29. The number of amides is 1. The third-order valence-corrected chi connectivity index (χ3v) is 2.41. The topological polar surface area (TPSA) is 55.1 Å². The van der Waals surface area contributed by atoms with E-state index in [2.05, 4.69) is 12.2 Å². The lowest BCUT2D eigenvalue weighted by molar-refractivity contribution is 0.0955. The molecule has 0 aliphatic heterocycles. The molecule has 0 spiro atoms. The van der Waals surface area contributed by atoms with E-state index in [1.165, 1.54) is 0 Å². The highest BCUT2D eigenvalue weighted by Crippen LogP contribution is 2.15. The number of nitrogens with two attached hydrogens (primary N) is 1. The second-order valence-electron chi connectivity index (χ2n) is 3.62. The smallest absolute Gasteiger partial charge is 0.251 e. The van der Waals surface area contributed by atoms with Crippen molar-refractivity contribution in [3.05, 3.63) is 35.4 Å². The molecule has 15 heavy (non-hydrogen) atoms. The van der Waals surface area contributed by atoms with Crippen LogP contribution < -0.4 is 11.1 Å². The van der Waals surface area contributed by atoms with E-state index in [1.807, 2.05) is 31.2 Å². The van der Waals surface area contributed by atoms with Crippen molar-refractivity contribution < 1.29 is 4.79 Å². The number of hydrogen-bond acceptors (Lipinski definition) is 2. The van der Waals surface area contributed by atoms with Crippen molar-refractivity contribution in [1.29, 1.82) is 0 Å². The molecule has 0 bridgehead atoms. The van der Waals surface area contributed by atoms with Crippen LogP contribution in [0.1, 0.15) is 35.7 Å². The molecule has 1 rings (SSSR count). The highest BCUT2D eigenvalue weighted by atomic mass is 16.1. The van der Waals surface area contributed by atoms with Crippen molar-refractivity contribution in [2.45, 2.75) is 19.8 Å². The Morgan fingerprint density at radius 3 is 2.87 bits per heavy atom. The third kappa shape index (κ3) is 3.06. The minimum Gasteiger partial charge on any atom is -0.352 e. The molecule has 0 aliphatic rings. The van der Waals surface area contributed by atoms with Crippen LogP contribution in [0.15, 0.2) is 24.3 Å². The van der Waals surface area contributed by atoms with E-state index in [1.54, 1.807) is 0 Å². The summed E-state index contributed by atoms with van der Waals surface area (Å²) >= 11 is 0. The summed E-state index contributed by atoms with van der Waals surface area (Å²) in [5.41, 5.74) is 7.40. The lowest BCUT2D eigenvalue weighted by Gasteiger charge is -2.10. The fourth-order valence-corrected chi connectivity index (χ4v) is 1.39. The SMILES string of the molecule is CCNC(=O)c1cccc(C(C)CN)c1. The maximum atomic E-state index is 11.6. The van der Waals surface area contributed by atoms with E-state index in [9.17, 15) is 4.79 Å². The Labute approximate surface area is 90.7 Å². The maximum absolute atomic E-state index is 11.6. The van der Waals surface area contributed by atoms with Crippen LogP contribution in [0.2, 0.25) is 0 Å². The second-order valence-corrected chi connectivity index (χ2v) is 3.62. The first kappa shape index (κ1) is 11.7. The van der Waals surface area contributed by atoms with Crippen LogP contribution in [0.4, 0.5) is 0 Å². The second kappa shape index (κ2) is 5.51. The molecule has 0 saturated heterocycles. The van der Waals surface area contributed by atoms with Gasteiger partial charge in [0, 0.05) is 12.1 Å². The van der Waals surface area contributed by atoms with E-state index >= 15 is 0 Å². The lowest BCUT2D eigenvalue weighted by Crippen LogP contribution is -2.22. The van der Waals surface area contributed by atoms with Crippen LogP contribution in [0, 0.1) is 0 Å². The number of hydrogen-bond donors (Lipinski definition) is 2. The number of carbonyl (C=O) groups excluding carboxylic acids is 1.